The second kappa shape index (κ2) is 6.89. The van der Waals surface area contributed by atoms with Crippen LogP contribution in [0.25, 0.3) is 11.2 Å². The van der Waals surface area contributed by atoms with Gasteiger partial charge in [-0.2, -0.15) is 9.97 Å². The van der Waals surface area contributed by atoms with E-state index in [4.69, 9.17) is 10.5 Å². The number of aryl methyl sites for hydroxylation is 2. The number of hydrogen-bond donors (Lipinski definition) is 2. The van der Waals surface area contributed by atoms with Crippen molar-refractivity contribution in [2.24, 2.45) is 0 Å². The first-order valence-corrected chi connectivity index (χ1v) is 7.30. The normalized spacial score (nSPS) is 10.2. The summed E-state index contributed by atoms with van der Waals surface area (Å²) in [6.45, 7) is 8.32. The molecule has 6 heteroatoms. The number of hydrogen-bond acceptors (Lipinski definition) is 5. The van der Waals surface area contributed by atoms with E-state index < -0.39 is 0 Å². The Kier molecular flexibility index (Phi) is 4.93. The first kappa shape index (κ1) is 15.8. The van der Waals surface area contributed by atoms with Gasteiger partial charge in [0.2, 0.25) is 11.8 Å². The van der Waals surface area contributed by atoms with E-state index in [-0.39, 0.29) is 5.95 Å². The van der Waals surface area contributed by atoms with E-state index in [1.165, 1.54) is 5.56 Å². The molecule has 0 saturated carbocycles. The number of nitrogens with one attached hydrogen (secondary N) is 1. The van der Waals surface area contributed by atoms with Gasteiger partial charge in [0.05, 0.1) is 0 Å². The quantitative estimate of drug-likeness (QED) is 0.775. The Balaban J connectivity index is 0.000000847. The van der Waals surface area contributed by atoms with E-state index in [0.29, 0.717) is 23.7 Å². The van der Waals surface area contributed by atoms with Crippen molar-refractivity contribution in [3.05, 3.63) is 41.2 Å². The van der Waals surface area contributed by atoms with Crippen LogP contribution in [0.3, 0.4) is 0 Å². The van der Waals surface area contributed by atoms with Crippen molar-refractivity contribution in [1.82, 2.24) is 19.9 Å². The molecule has 2 heterocycles. The predicted molar refractivity (Wildman–Crippen MR) is 87.7 cm³/mol. The number of fused-ring (bicyclic) bond motifs is 1. The first-order chi connectivity index (χ1) is 10.6. The molecule has 116 valence electrons. The van der Waals surface area contributed by atoms with Gasteiger partial charge in [0, 0.05) is 0 Å². The van der Waals surface area contributed by atoms with Gasteiger partial charge in [-0.3, -0.25) is 0 Å². The summed E-state index contributed by atoms with van der Waals surface area (Å²) in [5, 5.41) is 0. The standard InChI is InChI=1S/C14H15N5O.C2H6/c1-8-3-5-10(6-4-8)7-20-13-11-12(17-9(2)16-11)18-14(15)19-13;1-2/h3-6H,7H2,1-2H3,(H3,15,16,17,18,19);1-2H3. The average molecular weight is 299 g/mol. The molecule has 0 bridgehead atoms. The summed E-state index contributed by atoms with van der Waals surface area (Å²) in [4.78, 5) is 15.5. The fourth-order valence-corrected chi connectivity index (χ4v) is 1.94. The van der Waals surface area contributed by atoms with Gasteiger partial charge in [-0.25, -0.2) is 4.98 Å². The Labute approximate surface area is 129 Å². The number of nitrogens with two attached hydrogens (primary N) is 1. The minimum atomic E-state index is 0.155. The monoisotopic (exact) mass is 299 g/mol. The molecule has 0 amide bonds. The van der Waals surface area contributed by atoms with Crippen molar-refractivity contribution in [2.75, 3.05) is 5.73 Å². The van der Waals surface area contributed by atoms with E-state index in [1.807, 2.05) is 52.0 Å². The molecule has 0 atom stereocenters. The summed E-state index contributed by atoms with van der Waals surface area (Å²) in [6.07, 6.45) is 0. The van der Waals surface area contributed by atoms with Gasteiger partial charge < -0.3 is 15.5 Å². The highest BCUT2D eigenvalue weighted by Gasteiger charge is 2.11. The molecule has 22 heavy (non-hydrogen) atoms. The van der Waals surface area contributed by atoms with E-state index in [2.05, 4.69) is 19.9 Å². The topological polar surface area (TPSA) is 89.7 Å². The number of H-pyrrole nitrogens is 1. The molecule has 0 aliphatic carbocycles. The number of nitrogen functional groups attached to an aromatic ring is 1. The third kappa shape index (κ3) is 3.52. The largest absolute Gasteiger partial charge is 0.471 e. The van der Waals surface area contributed by atoms with Crippen LogP contribution in [-0.4, -0.2) is 19.9 Å². The van der Waals surface area contributed by atoms with Crippen LogP contribution in [0.4, 0.5) is 5.95 Å². The molecule has 2 aromatic heterocycles. The van der Waals surface area contributed by atoms with Crippen molar-refractivity contribution >= 4 is 17.1 Å². The van der Waals surface area contributed by atoms with Crippen molar-refractivity contribution in [2.45, 2.75) is 34.3 Å². The number of nitrogens with zero attached hydrogens (tertiary/aromatic N) is 3. The fraction of sp³-hybridized carbons (Fsp3) is 0.312. The van der Waals surface area contributed by atoms with Crippen LogP contribution in [0.15, 0.2) is 24.3 Å². The highest BCUT2D eigenvalue weighted by Crippen LogP contribution is 2.22. The van der Waals surface area contributed by atoms with Gasteiger partial charge in [-0.15, -0.1) is 0 Å². The third-order valence-corrected chi connectivity index (χ3v) is 2.95. The van der Waals surface area contributed by atoms with Crippen molar-refractivity contribution in [3.8, 4) is 5.88 Å². The zero-order valence-electron chi connectivity index (χ0n) is 13.3. The van der Waals surface area contributed by atoms with Crippen LogP contribution in [-0.2, 0) is 6.61 Å². The Morgan fingerprint density at radius 2 is 1.73 bits per heavy atom. The summed E-state index contributed by atoms with van der Waals surface area (Å²) < 4.78 is 5.74. The smallest absolute Gasteiger partial charge is 0.245 e. The van der Waals surface area contributed by atoms with Gasteiger partial charge in [0.25, 0.3) is 0 Å². The van der Waals surface area contributed by atoms with E-state index in [0.717, 1.165) is 11.4 Å². The number of ether oxygens (including phenoxy) is 1. The lowest BCUT2D eigenvalue weighted by atomic mass is 10.2. The highest BCUT2D eigenvalue weighted by atomic mass is 16.5. The van der Waals surface area contributed by atoms with Crippen LogP contribution in [0, 0.1) is 13.8 Å². The SMILES string of the molecule is CC.Cc1ccc(COc2nc(N)nc3nc(C)[nH]c23)cc1. The average Bonchev–Trinajstić information content (AvgIpc) is 2.88. The van der Waals surface area contributed by atoms with Gasteiger partial charge >= 0.3 is 0 Å². The molecule has 0 aliphatic heterocycles. The Morgan fingerprint density at radius 1 is 1.05 bits per heavy atom. The number of imidazole rings is 1. The third-order valence-electron chi connectivity index (χ3n) is 2.95. The van der Waals surface area contributed by atoms with Crippen molar-refractivity contribution in [3.63, 3.8) is 0 Å². The maximum absolute atomic E-state index is 5.74. The second-order valence-corrected chi connectivity index (χ2v) is 4.68. The molecule has 0 aliphatic rings. The van der Waals surface area contributed by atoms with E-state index in [9.17, 15) is 0 Å². The zero-order chi connectivity index (χ0) is 16.1. The van der Waals surface area contributed by atoms with Crippen LogP contribution < -0.4 is 10.5 Å². The van der Waals surface area contributed by atoms with Crippen molar-refractivity contribution < 1.29 is 4.74 Å². The Morgan fingerprint density at radius 3 is 2.41 bits per heavy atom. The Bertz CT molecular complexity index is 749. The van der Waals surface area contributed by atoms with Gasteiger partial charge in [0.15, 0.2) is 5.65 Å². The first-order valence-electron chi connectivity index (χ1n) is 7.30. The molecular formula is C16H21N5O. The van der Waals surface area contributed by atoms with Crippen LogP contribution in [0.1, 0.15) is 30.8 Å². The van der Waals surface area contributed by atoms with Gasteiger partial charge in [-0.05, 0) is 19.4 Å². The Hall–Kier alpha value is -2.63. The number of aromatic nitrogens is 4. The number of aromatic amines is 1. The van der Waals surface area contributed by atoms with Crippen LogP contribution in [0.2, 0.25) is 0 Å². The number of benzene rings is 1. The molecule has 6 nitrogen and oxygen atoms in total. The molecule has 0 saturated heterocycles. The summed E-state index contributed by atoms with van der Waals surface area (Å²) >= 11 is 0. The van der Waals surface area contributed by atoms with Gasteiger partial charge in [-0.1, -0.05) is 43.7 Å². The molecule has 3 aromatic rings. The minimum absolute atomic E-state index is 0.155. The fourth-order valence-electron chi connectivity index (χ4n) is 1.94. The highest BCUT2D eigenvalue weighted by molar-refractivity contribution is 5.77. The lowest BCUT2D eigenvalue weighted by molar-refractivity contribution is 0.297. The molecule has 0 fully saturated rings. The summed E-state index contributed by atoms with van der Waals surface area (Å²) in [6, 6.07) is 8.14. The van der Waals surface area contributed by atoms with Crippen LogP contribution >= 0.6 is 0 Å². The van der Waals surface area contributed by atoms with Crippen molar-refractivity contribution in [1.29, 1.82) is 0 Å². The lowest BCUT2D eigenvalue weighted by Gasteiger charge is -2.06. The molecule has 3 N–H and O–H groups in total. The maximum Gasteiger partial charge on any atom is 0.245 e. The zero-order valence-corrected chi connectivity index (χ0v) is 13.3. The molecule has 3 rings (SSSR count). The van der Waals surface area contributed by atoms with Crippen LogP contribution in [0.5, 0.6) is 5.88 Å². The predicted octanol–water partition coefficient (Wildman–Crippen LogP) is 3.16. The number of anilines is 1. The molecule has 0 spiro atoms. The summed E-state index contributed by atoms with van der Waals surface area (Å²) in [5.41, 5.74) is 9.14. The number of rotatable bonds is 3. The molecule has 0 unspecified atom stereocenters. The van der Waals surface area contributed by atoms with E-state index >= 15 is 0 Å². The second-order valence-electron chi connectivity index (χ2n) is 4.68. The molecular weight excluding hydrogens is 278 g/mol. The molecule has 0 radical (unpaired) electrons. The lowest BCUT2D eigenvalue weighted by Crippen LogP contribution is -2.02. The molecule has 1 aromatic carbocycles. The van der Waals surface area contributed by atoms with Gasteiger partial charge in [0.1, 0.15) is 17.9 Å². The van der Waals surface area contributed by atoms with E-state index in [1.54, 1.807) is 0 Å². The maximum atomic E-state index is 5.74. The summed E-state index contributed by atoms with van der Waals surface area (Å²) in [5.74, 6) is 1.33. The summed E-state index contributed by atoms with van der Waals surface area (Å²) in [7, 11) is 0. The minimum Gasteiger partial charge on any atom is -0.471 e.